The molecule has 2 aromatic rings. The minimum atomic E-state index is -0.326. The maximum Gasteiger partial charge on any atom is 0.122 e. The van der Waals surface area contributed by atoms with Crippen molar-refractivity contribution >= 4 is 5.82 Å². The molecule has 3 N–H and O–H groups in total. The Morgan fingerprint density at radius 1 is 1.26 bits per heavy atom. The van der Waals surface area contributed by atoms with E-state index in [-0.39, 0.29) is 12.1 Å². The second kappa shape index (κ2) is 4.70. The number of anilines is 1. The van der Waals surface area contributed by atoms with E-state index in [9.17, 15) is 5.11 Å². The average Bonchev–Trinajstić information content (AvgIpc) is 2.96. The fourth-order valence-corrected chi connectivity index (χ4v) is 2.75. The summed E-state index contributed by atoms with van der Waals surface area (Å²) in [7, 11) is 0. The number of hydrogen-bond donors (Lipinski definition) is 2. The number of aryl methyl sites for hydroxylation is 1. The van der Waals surface area contributed by atoms with Crippen molar-refractivity contribution in [1.82, 2.24) is 9.78 Å². The third kappa shape index (κ3) is 2.24. The van der Waals surface area contributed by atoms with Crippen LogP contribution in [0, 0.1) is 6.92 Å². The van der Waals surface area contributed by atoms with E-state index in [2.05, 4.69) is 24.2 Å². The zero-order valence-corrected chi connectivity index (χ0v) is 11.1. The number of aliphatic hydroxyl groups excluding tert-OH is 1. The molecule has 0 bridgehead atoms. The molecule has 4 heteroatoms. The van der Waals surface area contributed by atoms with E-state index in [0.717, 1.165) is 30.5 Å². The van der Waals surface area contributed by atoms with Crippen molar-refractivity contribution in [3.63, 3.8) is 0 Å². The lowest BCUT2D eigenvalue weighted by atomic mass is 10.1. The molecular weight excluding hydrogens is 238 g/mol. The van der Waals surface area contributed by atoms with Crippen LogP contribution in [0.25, 0.3) is 11.3 Å². The number of nitrogens with zero attached hydrogens (tertiary/aromatic N) is 2. The molecule has 0 amide bonds. The smallest absolute Gasteiger partial charge is 0.122 e. The number of hydrogen-bond acceptors (Lipinski definition) is 3. The Morgan fingerprint density at radius 2 is 2.00 bits per heavy atom. The van der Waals surface area contributed by atoms with Crippen LogP contribution in [0.1, 0.15) is 30.9 Å². The first-order chi connectivity index (χ1) is 9.15. The summed E-state index contributed by atoms with van der Waals surface area (Å²) in [6.45, 7) is 2.06. The van der Waals surface area contributed by atoms with E-state index in [1.54, 1.807) is 4.68 Å². The topological polar surface area (TPSA) is 64.1 Å². The Balaban J connectivity index is 1.94. The largest absolute Gasteiger partial charge is 0.391 e. The van der Waals surface area contributed by atoms with Crippen LogP contribution in [0.4, 0.5) is 5.82 Å². The molecule has 4 nitrogen and oxygen atoms in total. The summed E-state index contributed by atoms with van der Waals surface area (Å²) in [5, 5.41) is 14.5. The van der Waals surface area contributed by atoms with Crippen molar-refractivity contribution in [3.8, 4) is 11.3 Å². The van der Waals surface area contributed by atoms with Gasteiger partial charge in [-0.15, -0.1) is 0 Å². The Morgan fingerprint density at radius 3 is 2.63 bits per heavy atom. The van der Waals surface area contributed by atoms with Gasteiger partial charge in [0.15, 0.2) is 0 Å². The van der Waals surface area contributed by atoms with Crippen LogP contribution in [0.15, 0.2) is 30.3 Å². The highest BCUT2D eigenvalue weighted by Crippen LogP contribution is 2.33. The highest BCUT2D eigenvalue weighted by molar-refractivity contribution is 5.62. The highest BCUT2D eigenvalue weighted by atomic mass is 16.3. The number of aromatic nitrogens is 2. The van der Waals surface area contributed by atoms with Crippen LogP contribution < -0.4 is 5.73 Å². The molecular formula is C15H19N3O. The van der Waals surface area contributed by atoms with E-state index >= 15 is 0 Å². The molecule has 0 radical (unpaired) electrons. The molecule has 19 heavy (non-hydrogen) atoms. The van der Waals surface area contributed by atoms with E-state index in [1.807, 2.05) is 18.2 Å². The first kappa shape index (κ1) is 12.2. The molecule has 0 aliphatic heterocycles. The zero-order chi connectivity index (χ0) is 13.4. The summed E-state index contributed by atoms with van der Waals surface area (Å²) >= 11 is 0. The van der Waals surface area contributed by atoms with Crippen LogP contribution in [0.3, 0.4) is 0 Å². The molecule has 1 fully saturated rings. The van der Waals surface area contributed by atoms with Gasteiger partial charge >= 0.3 is 0 Å². The van der Waals surface area contributed by atoms with Gasteiger partial charge in [-0.3, -0.25) is 0 Å². The molecule has 2 unspecified atom stereocenters. The summed E-state index contributed by atoms with van der Waals surface area (Å²) in [6.07, 6.45) is 2.49. The summed E-state index contributed by atoms with van der Waals surface area (Å²) in [4.78, 5) is 0. The van der Waals surface area contributed by atoms with Gasteiger partial charge in [0.25, 0.3) is 0 Å². The van der Waals surface area contributed by atoms with Crippen LogP contribution in [0.5, 0.6) is 0 Å². The lowest BCUT2D eigenvalue weighted by molar-refractivity contribution is 0.131. The summed E-state index contributed by atoms with van der Waals surface area (Å²) < 4.78 is 1.78. The molecule has 1 saturated carbocycles. The lowest BCUT2D eigenvalue weighted by Crippen LogP contribution is -2.20. The van der Waals surface area contributed by atoms with Gasteiger partial charge in [0.2, 0.25) is 0 Å². The maximum atomic E-state index is 9.97. The van der Waals surface area contributed by atoms with Gasteiger partial charge in [0, 0.05) is 11.6 Å². The average molecular weight is 257 g/mol. The van der Waals surface area contributed by atoms with Crippen molar-refractivity contribution in [2.75, 3.05) is 5.73 Å². The van der Waals surface area contributed by atoms with Gasteiger partial charge < -0.3 is 10.8 Å². The third-order valence-electron chi connectivity index (χ3n) is 3.87. The quantitative estimate of drug-likeness (QED) is 0.869. The number of benzene rings is 1. The van der Waals surface area contributed by atoms with Crippen molar-refractivity contribution in [3.05, 3.63) is 35.9 Å². The Kier molecular flexibility index (Phi) is 3.03. The maximum absolute atomic E-state index is 9.97. The summed E-state index contributed by atoms with van der Waals surface area (Å²) in [5.74, 6) is 0.626. The number of nitrogen functional groups attached to an aromatic ring is 1. The summed E-state index contributed by atoms with van der Waals surface area (Å²) in [6, 6.07) is 10.1. The first-order valence-electron chi connectivity index (χ1n) is 6.75. The molecule has 100 valence electrons. The first-order valence-corrected chi connectivity index (χ1v) is 6.75. The van der Waals surface area contributed by atoms with E-state index < -0.39 is 0 Å². The second-order valence-electron chi connectivity index (χ2n) is 5.33. The Bertz CT molecular complexity index is 574. The van der Waals surface area contributed by atoms with E-state index in [0.29, 0.717) is 5.82 Å². The van der Waals surface area contributed by atoms with Gasteiger partial charge in [0.1, 0.15) is 5.82 Å². The lowest BCUT2D eigenvalue weighted by Gasteiger charge is -2.16. The SMILES string of the molecule is Cc1ccc(-c2cc(N)n(C3CCCC3O)n2)cc1. The van der Waals surface area contributed by atoms with Gasteiger partial charge in [-0.1, -0.05) is 29.8 Å². The number of rotatable bonds is 2. The molecule has 1 aliphatic carbocycles. The normalized spacial score (nSPS) is 22.8. The standard InChI is InChI=1S/C15H19N3O/c1-10-5-7-11(8-6-10)12-9-15(16)18(17-12)13-3-2-4-14(13)19/h5-9,13-14,19H,2-4,16H2,1H3. The molecule has 2 atom stereocenters. The van der Waals surface area contributed by atoms with E-state index in [4.69, 9.17) is 5.73 Å². The predicted molar refractivity (Wildman–Crippen MR) is 75.7 cm³/mol. The molecule has 0 saturated heterocycles. The van der Waals surface area contributed by atoms with Gasteiger partial charge in [0.05, 0.1) is 17.8 Å². The Hall–Kier alpha value is -1.81. The van der Waals surface area contributed by atoms with Crippen LogP contribution in [-0.4, -0.2) is 21.0 Å². The Labute approximate surface area is 112 Å². The van der Waals surface area contributed by atoms with Crippen molar-refractivity contribution < 1.29 is 5.11 Å². The van der Waals surface area contributed by atoms with Crippen LogP contribution >= 0.6 is 0 Å². The highest BCUT2D eigenvalue weighted by Gasteiger charge is 2.29. The van der Waals surface area contributed by atoms with Crippen molar-refractivity contribution in [1.29, 1.82) is 0 Å². The predicted octanol–water partition coefficient (Wildman–Crippen LogP) is 2.53. The molecule has 0 spiro atoms. The van der Waals surface area contributed by atoms with Crippen molar-refractivity contribution in [2.45, 2.75) is 38.3 Å². The van der Waals surface area contributed by atoms with E-state index in [1.165, 1.54) is 5.56 Å². The fraction of sp³-hybridized carbons (Fsp3) is 0.400. The molecule has 1 aromatic heterocycles. The fourth-order valence-electron chi connectivity index (χ4n) is 2.75. The molecule has 1 heterocycles. The van der Waals surface area contributed by atoms with Crippen LogP contribution in [-0.2, 0) is 0 Å². The van der Waals surface area contributed by atoms with Crippen LogP contribution in [0.2, 0.25) is 0 Å². The van der Waals surface area contributed by atoms with Gasteiger partial charge in [-0.25, -0.2) is 4.68 Å². The van der Waals surface area contributed by atoms with Gasteiger partial charge in [-0.2, -0.15) is 5.10 Å². The second-order valence-corrected chi connectivity index (χ2v) is 5.33. The summed E-state index contributed by atoms with van der Waals surface area (Å²) in [5.41, 5.74) is 9.20. The minimum absolute atomic E-state index is 0.0270. The monoisotopic (exact) mass is 257 g/mol. The number of nitrogens with two attached hydrogens (primary N) is 1. The number of aliphatic hydroxyl groups is 1. The molecule has 3 rings (SSSR count). The minimum Gasteiger partial charge on any atom is -0.391 e. The molecule has 1 aliphatic rings. The van der Waals surface area contributed by atoms with Gasteiger partial charge in [-0.05, 0) is 26.2 Å². The van der Waals surface area contributed by atoms with Crippen molar-refractivity contribution in [2.24, 2.45) is 0 Å². The zero-order valence-electron chi connectivity index (χ0n) is 11.1. The molecule has 1 aromatic carbocycles. The third-order valence-corrected chi connectivity index (χ3v) is 3.87.